The van der Waals surface area contributed by atoms with Crippen LogP contribution in [0, 0.1) is 3.57 Å². The van der Waals surface area contributed by atoms with Crippen LogP contribution in [-0.2, 0) is 9.53 Å². The van der Waals surface area contributed by atoms with Crippen molar-refractivity contribution in [1.29, 1.82) is 0 Å². The molecule has 29 heavy (non-hydrogen) atoms. The number of aromatic nitrogens is 1. The van der Waals surface area contributed by atoms with Crippen molar-refractivity contribution in [1.82, 2.24) is 4.98 Å². The smallest absolute Gasteiger partial charge is 0.339 e. The Morgan fingerprint density at radius 3 is 2.41 bits per heavy atom. The Morgan fingerprint density at radius 1 is 1.00 bits per heavy atom. The Labute approximate surface area is 181 Å². The average Bonchev–Trinajstić information content (AvgIpc) is 2.71. The fourth-order valence-corrected chi connectivity index (χ4v) is 3.06. The first-order valence-electron chi connectivity index (χ1n) is 8.63. The van der Waals surface area contributed by atoms with E-state index in [-0.39, 0.29) is 11.3 Å². The van der Waals surface area contributed by atoms with Crippen LogP contribution < -0.4 is 9.47 Å². The van der Waals surface area contributed by atoms with Crippen LogP contribution in [0.4, 0.5) is 0 Å². The minimum absolute atomic E-state index is 0.0403. The van der Waals surface area contributed by atoms with Crippen LogP contribution in [0.15, 0.2) is 72.6 Å². The highest BCUT2D eigenvalue weighted by molar-refractivity contribution is 14.1. The standard InChI is InChI=1S/C22H18INO5/c1-14(27-2)20(22(25)26)17-9-3-4-11-19(17)28-15-7-5-8-16(13-15)29-21-18(23)10-6-12-24-21/h3-13H,1-2H3,(H,25,26)/b20-14+. The maximum absolute atomic E-state index is 11.8. The zero-order chi connectivity index (χ0) is 20.8. The number of ether oxygens (including phenoxy) is 3. The molecule has 0 bridgehead atoms. The molecule has 0 aliphatic carbocycles. The largest absolute Gasteiger partial charge is 0.500 e. The Kier molecular flexibility index (Phi) is 6.71. The number of hydrogen-bond acceptors (Lipinski definition) is 5. The summed E-state index contributed by atoms with van der Waals surface area (Å²) in [5.41, 5.74) is 0.462. The summed E-state index contributed by atoms with van der Waals surface area (Å²) in [4.78, 5) is 16.0. The molecular weight excluding hydrogens is 485 g/mol. The first-order valence-corrected chi connectivity index (χ1v) is 9.71. The molecule has 6 nitrogen and oxygen atoms in total. The summed E-state index contributed by atoms with van der Waals surface area (Å²) in [6.07, 6.45) is 1.66. The van der Waals surface area contributed by atoms with Crippen molar-refractivity contribution in [3.8, 4) is 23.1 Å². The van der Waals surface area contributed by atoms with E-state index in [2.05, 4.69) is 27.6 Å². The van der Waals surface area contributed by atoms with Gasteiger partial charge in [-0.15, -0.1) is 0 Å². The molecule has 0 amide bonds. The van der Waals surface area contributed by atoms with E-state index in [1.54, 1.807) is 61.7 Å². The highest BCUT2D eigenvalue weighted by Crippen LogP contribution is 2.34. The van der Waals surface area contributed by atoms with Crippen LogP contribution in [0.3, 0.4) is 0 Å². The Morgan fingerprint density at radius 2 is 1.72 bits per heavy atom. The van der Waals surface area contributed by atoms with Gasteiger partial charge in [0, 0.05) is 17.8 Å². The average molecular weight is 503 g/mol. The molecule has 1 N–H and O–H groups in total. The quantitative estimate of drug-likeness (QED) is 0.252. The maximum atomic E-state index is 11.8. The number of pyridine rings is 1. The first kappa shape index (κ1) is 20.7. The lowest BCUT2D eigenvalue weighted by molar-refractivity contribution is -0.130. The van der Waals surface area contributed by atoms with Crippen LogP contribution in [0.25, 0.3) is 5.57 Å². The molecule has 0 aliphatic rings. The van der Waals surface area contributed by atoms with Crippen molar-refractivity contribution >= 4 is 34.1 Å². The van der Waals surface area contributed by atoms with Gasteiger partial charge in [0.05, 0.1) is 10.7 Å². The van der Waals surface area contributed by atoms with Crippen molar-refractivity contribution in [2.45, 2.75) is 6.92 Å². The minimum atomic E-state index is -1.10. The van der Waals surface area contributed by atoms with E-state index in [1.807, 2.05) is 12.1 Å². The van der Waals surface area contributed by atoms with Gasteiger partial charge in [-0.05, 0) is 59.8 Å². The Hall–Kier alpha value is -3.07. The highest BCUT2D eigenvalue weighted by atomic mass is 127. The third-order valence-electron chi connectivity index (χ3n) is 4.00. The van der Waals surface area contributed by atoms with E-state index < -0.39 is 5.97 Å². The number of rotatable bonds is 7. The van der Waals surface area contributed by atoms with Crippen LogP contribution in [-0.4, -0.2) is 23.2 Å². The SMILES string of the molecule is CO/C(C)=C(/C(=O)O)c1ccccc1Oc1cccc(Oc2ncccc2I)c1. The number of hydrogen-bond donors (Lipinski definition) is 1. The second-order valence-electron chi connectivity index (χ2n) is 5.91. The van der Waals surface area contributed by atoms with Crippen molar-refractivity contribution in [2.24, 2.45) is 0 Å². The second kappa shape index (κ2) is 9.42. The number of para-hydroxylation sites is 1. The lowest BCUT2D eigenvalue weighted by atomic mass is 10.0. The van der Waals surface area contributed by atoms with Crippen LogP contribution in [0.1, 0.15) is 12.5 Å². The predicted molar refractivity (Wildman–Crippen MR) is 117 cm³/mol. The zero-order valence-electron chi connectivity index (χ0n) is 15.8. The molecule has 0 atom stereocenters. The third kappa shape index (κ3) is 5.05. The molecule has 0 unspecified atom stereocenters. The van der Waals surface area contributed by atoms with Gasteiger partial charge in [-0.1, -0.05) is 24.3 Å². The summed E-state index contributed by atoms with van der Waals surface area (Å²) >= 11 is 2.15. The number of halogens is 1. The molecule has 0 aliphatic heterocycles. The number of carboxylic acids is 1. The van der Waals surface area contributed by atoms with E-state index in [4.69, 9.17) is 14.2 Å². The molecule has 0 fully saturated rings. The molecule has 1 heterocycles. The molecule has 3 rings (SSSR count). The molecule has 2 aromatic carbocycles. The van der Waals surface area contributed by atoms with Crippen molar-refractivity contribution < 1.29 is 24.1 Å². The molecule has 148 valence electrons. The molecule has 7 heteroatoms. The third-order valence-corrected chi connectivity index (χ3v) is 4.82. The lowest BCUT2D eigenvalue weighted by Crippen LogP contribution is -2.05. The van der Waals surface area contributed by atoms with Gasteiger partial charge in [-0.3, -0.25) is 0 Å². The van der Waals surface area contributed by atoms with E-state index in [9.17, 15) is 9.90 Å². The van der Waals surface area contributed by atoms with Crippen molar-refractivity contribution in [3.63, 3.8) is 0 Å². The van der Waals surface area contributed by atoms with E-state index in [1.165, 1.54) is 7.11 Å². The Balaban J connectivity index is 1.92. The number of carbonyl (C=O) groups is 1. The molecule has 0 spiro atoms. The molecule has 0 saturated heterocycles. The molecule has 1 aromatic heterocycles. The van der Waals surface area contributed by atoms with Crippen LogP contribution >= 0.6 is 22.6 Å². The van der Waals surface area contributed by atoms with Crippen LogP contribution in [0.5, 0.6) is 23.1 Å². The van der Waals surface area contributed by atoms with Gasteiger partial charge in [0.2, 0.25) is 5.88 Å². The molecule has 3 aromatic rings. The normalized spacial score (nSPS) is 11.4. The zero-order valence-corrected chi connectivity index (χ0v) is 17.9. The monoisotopic (exact) mass is 503 g/mol. The van der Waals surface area contributed by atoms with Crippen molar-refractivity contribution in [3.05, 3.63) is 81.8 Å². The molecule has 0 saturated carbocycles. The summed E-state index contributed by atoms with van der Waals surface area (Å²) in [6, 6.07) is 17.7. The van der Waals surface area contributed by atoms with Gasteiger partial charge in [-0.25, -0.2) is 9.78 Å². The summed E-state index contributed by atoms with van der Waals surface area (Å²) < 4.78 is 17.9. The number of benzene rings is 2. The predicted octanol–water partition coefficient (Wildman–Crippen LogP) is 5.73. The van der Waals surface area contributed by atoms with Gasteiger partial charge < -0.3 is 19.3 Å². The molecular formula is C22H18INO5. The van der Waals surface area contributed by atoms with E-state index in [0.29, 0.717) is 28.7 Å². The second-order valence-corrected chi connectivity index (χ2v) is 7.07. The van der Waals surface area contributed by atoms with E-state index in [0.717, 1.165) is 3.57 Å². The fourth-order valence-electron chi connectivity index (χ4n) is 2.61. The highest BCUT2D eigenvalue weighted by Gasteiger charge is 2.19. The number of carboxylic acid groups (broad SMARTS) is 1. The summed E-state index contributed by atoms with van der Waals surface area (Å²) in [5.74, 6) is 1.14. The fraction of sp³-hybridized carbons (Fsp3) is 0.0909. The summed E-state index contributed by atoms with van der Waals surface area (Å²) in [7, 11) is 1.43. The lowest BCUT2D eigenvalue weighted by Gasteiger charge is -2.14. The van der Waals surface area contributed by atoms with Crippen LogP contribution in [0.2, 0.25) is 0 Å². The number of methoxy groups -OCH3 is 1. The van der Waals surface area contributed by atoms with Crippen molar-refractivity contribution in [2.75, 3.05) is 7.11 Å². The van der Waals surface area contributed by atoms with Gasteiger partial charge in [0.15, 0.2) is 0 Å². The summed E-state index contributed by atoms with van der Waals surface area (Å²) in [6.45, 7) is 1.60. The Bertz CT molecular complexity index is 1060. The minimum Gasteiger partial charge on any atom is -0.500 e. The number of aliphatic carboxylic acids is 1. The maximum Gasteiger partial charge on any atom is 0.339 e. The van der Waals surface area contributed by atoms with E-state index >= 15 is 0 Å². The van der Waals surface area contributed by atoms with Gasteiger partial charge in [0.25, 0.3) is 0 Å². The van der Waals surface area contributed by atoms with Gasteiger partial charge in [0.1, 0.15) is 28.6 Å². The first-order chi connectivity index (χ1) is 14.0. The topological polar surface area (TPSA) is 77.9 Å². The molecule has 0 radical (unpaired) electrons. The van der Waals surface area contributed by atoms with Gasteiger partial charge >= 0.3 is 5.97 Å². The summed E-state index contributed by atoms with van der Waals surface area (Å²) in [5, 5.41) is 9.63. The van der Waals surface area contributed by atoms with Gasteiger partial charge in [-0.2, -0.15) is 0 Å². The number of nitrogens with zero attached hydrogens (tertiary/aromatic N) is 1. The number of allylic oxidation sites excluding steroid dienone is 1.